The third-order valence-electron chi connectivity index (χ3n) is 3.07. The second-order valence-corrected chi connectivity index (χ2v) is 5.40. The van der Waals surface area contributed by atoms with E-state index in [1.807, 2.05) is 13.0 Å². The van der Waals surface area contributed by atoms with Crippen molar-refractivity contribution < 1.29 is 5.11 Å². The molecule has 0 aliphatic heterocycles. The molecule has 2 unspecified atom stereocenters. The lowest BCUT2D eigenvalue weighted by molar-refractivity contribution is 0.134. The molecule has 0 saturated carbocycles. The van der Waals surface area contributed by atoms with Gasteiger partial charge in [0.2, 0.25) is 0 Å². The lowest BCUT2D eigenvalue weighted by Crippen LogP contribution is -2.34. The van der Waals surface area contributed by atoms with E-state index in [-0.39, 0.29) is 6.04 Å². The number of aryl methyl sites for hydroxylation is 2. The summed E-state index contributed by atoms with van der Waals surface area (Å²) in [5.41, 5.74) is 3.43. The van der Waals surface area contributed by atoms with Crippen molar-refractivity contribution in [3.63, 3.8) is 0 Å². The molecule has 17 heavy (non-hydrogen) atoms. The van der Waals surface area contributed by atoms with Gasteiger partial charge in [-0.05, 0) is 44.4 Å². The van der Waals surface area contributed by atoms with Crippen LogP contribution in [0.5, 0.6) is 0 Å². The lowest BCUT2D eigenvalue weighted by Gasteiger charge is -2.23. The van der Waals surface area contributed by atoms with Crippen LogP contribution >= 0.6 is 0 Å². The summed E-state index contributed by atoms with van der Waals surface area (Å²) in [7, 11) is 0. The summed E-state index contributed by atoms with van der Waals surface area (Å²) in [6, 6.07) is 6.29. The number of hydrogen-bond donors (Lipinski definition) is 2. The minimum Gasteiger partial charge on any atom is -0.387 e. The van der Waals surface area contributed by atoms with Gasteiger partial charge in [0.05, 0.1) is 6.10 Å². The van der Waals surface area contributed by atoms with Crippen LogP contribution in [0.15, 0.2) is 18.2 Å². The molecule has 0 bridgehead atoms. The largest absolute Gasteiger partial charge is 0.387 e. The summed E-state index contributed by atoms with van der Waals surface area (Å²) >= 11 is 0. The molecular formula is C15H25NO. The zero-order valence-electron chi connectivity index (χ0n) is 11.6. The Kier molecular flexibility index (Phi) is 5.16. The molecule has 0 radical (unpaired) electrons. The fourth-order valence-corrected chi connectivity index (χ4v) is 1.96. The normalized spacial score (nSPS) is 15.0. The third kappa shape index (κ3) is 4.14. The van der Waals surface area contributed by atoms with Crippen LogP contribution in [0, 0.1) is 19.8 Å². The molecule has 2 nitrogen and oxygen atoms in total. The van der Waals surface area contributed by atoms with Crippen LogP contribution in [0.4, 0.5) is 0 Å². The van der Waals surface area contributed by atoms with Gasteiger partial charge in [-0.15, -0.1) is 0 Å². The van der Waals surface area contributed by atoms with E-state index < -0.39 is 6.10 Å². The highest BCUT2D eigenvalue weighted by molar-refractivity contribution is 5.32. The second kappa shape index (κ2) is 6.18. The molecule has 0 fully saturated rings. The van der Waals surface area contributed by atoms with Crippen molar-refractivity contribution in [1.82, 2.24) is 5.32 Å². The smallest absolute Gasteiger partial charge is 0.0942 e. The quantitative estimate of drug-likeness (QED) is 0.822. The number of aliphatic hydroxyl groups is 1. The molecule has 1 aromatic rings. The Morgan fingerprint density at radius 1 is 1.18 bits per heavy atom. The molecule has 2 atom stereocenters. The zero-order valence-corrected chi connectivity index (χ0v) is 11.6. The van der Waals surface area contributed by atoms with Crippen LogP contribution < -0.4 is 5.32 Å². The van der Waals surface area contributed by atoms with Gasteiger partial charge in [-0.25, -0.2) is 0 Å². The third-order valence-corrected chi connectivity index (χ3v) is 3.07. The van der Waals surface area contributed by atoms with E-state index in [1.165, 1.54) is 5.56 Å². The molecule has 1 rings (SSSR count). The second-order valence-electron chi connectivity index (χ2n) is 5.40. The summed E-state index contributed by atoms with van der Waals surface area (Å²) < 4.78 is 0. The van der Waals surface area contributed by atoms with Crippen molar-refractivity contribution >= 4 is 0 Å². The van der Waals surface area contributed by atoms with Gasteiger partial charge in [0.1, 0.15) is 0 Å². The van der Waals surface area contributed by atoms with Crippen LogP contribution in [-0.2, 0) is 0 Å². The Morgan fingerprint density at radius 3 is 2.35 bits per heavy atom. The van der Waals surface area contributed by atoms with E-state index in [1.54, 1.807) is 0 Å². The molecule has 0 amide bonds. The van der Waals surface area contributed by atoms with Gasteiger partial charge in [-0.1, -0.05) is 37.6 Å². The highest BCUT2D eigenvalue weighted by atomic mass is 16.3. The molecule has 96 valence electrons. The van der Waals surface area contributed by atoms with E-state index in [4.69, 9.17) is 0 Å². The van der Waals surface area contributed by atoms with Crippen LogP contribution in [0.2, 0.25) is 0 Å². The van der Waals surface area contributed by atoms with Gasteiger partial charge in [0.25, 0.3) is 0 Å². The molecule has 1 aromatic carbocycles. The van der Waals surface area contributed by atoms with E-state index >= 15 is 0 Å². The van der Waals surface area contributed by atoms with Gasteiger partial charge < -0.3 is 10.4 Å². The number of hydrogen-bond acceptors (Lipinski definition) is 2. The van der Waals surface area contributed by atoms with Gasteiger partial charge in [0.15, 0.2) is 0 Å². The van der Waals surface area contributed by atoms with Crippen molar-refractivity contribution in [1.29, 1.82) is 0 Å². The zero-order chi connectivity index (χ0) is 13.0. The van der Waals surface area contributed by atoms with Crippen molar-refractivity contribution in [2.75, 3.05) is 6.54 Å². The summed E-state index contributed by atoms with van der Waals surface area (Å²) in [5, 5.41) is 13.7. The fraction of sp³-hybridized carbons (Fsp3) is 0.600. The Balaban J connectivity index is 2.71. The minimum absolute atomic E-state index is 0.0822. The Bertz CT molecular complexity index is 360. The topological polar surface area (TPSA) is 32.3 Å². The molecule has 0 spiro atoms. The number of rotatable bonds is 5. The van der Waals surface area contributed by atoms with Crippen LogP contribution in [0.25, 0.3) is 0 Å². The first-order chi connectivity index (χ1) is 7.91. The Morgan fingerprint density at radius 2 is 1.82 bits per heavy atom. The number of aliphatic hydroxyl groups excluding tert-OH is 1. The van der Waals surface area contributed by atoms with Crippen LogP contribution in [-0.4, -0.2) is 17.7 Å². The summed E-state index contributed by atoms with van der Waals surface area (Å²) in [6.07, 6.45) is -0.436. The van der Waals surface area contributed by atoms with Crippen molar-refractivity contribution in [2.45, 2.75) is 46.8 Å². The van der Waals surface area contributed by atoms with Gasteiger partial charge >= 0.3 is 0 Å². The molecule has 0 saturated heterocycles. The SMILES string of the molecule is Cc1ccc(C(O)C(C)NCC(C)C)c(C)c1. The standard InChI is InChI=1S/C15H25NO/c1-10(2)9-16-13(5)15(17)14-7-6-11(3)8-12(14)4/h6-8,10,13,15-17H,9H2,1-5H3. The minimum atomic E-state index is -0.436. The van der Waals surface area contributed by atoms with E-state index in [0.29, 0.717) is 5.92 Å². The van der Waals surface area contributed by atoms with Crippen LogP contribution in [0.3, 0.4) is 0 Å². The van der Waals surface area contributed by atoms with Crippen LogP contribution in [0.1, 0.15) is 43.6 Å². The number of nitrogens with one attached hydrogen (secondary N) is 1. The molecule has 2 N–H and O–H groups in total. The molecule has 0 heterocycles. The molecular weight excluding hydrogens is 210 g/mol. The van der Waals surface area contributed by atoms with Crippen molar-refractivity contribution in [2.24, 2.45) is 5.92 Å². The first kappa shape index (κ1) is 14.2. The highest BCUT2D eigenvalue weighted by Gasteiger charge is 2.17. The number of benzene rings is 1. The van der Waals surface area contributed by atoms with Gasteiger partial charge in [-0.3, -0.25) is 0 Å². The first-order valence-electron chi connectivity index (χ1n) is 6.40. The summed E-state index contributed by atoms with van der Waals surface area (Å²) in [5.74, 6) is 0.601. The lowest BCUT2D eigenvalue weighted by atomic mass is 9.97. The van der Waals surface area contributed by atoms with E-state index in [2.05, 4.69) is 45.1 Å². The maximum absolute atomic E-state index is 10.3. The monoisotopic (exact) mass is 235 g/mol. The summed E-state index contributed by atoms with van der Waals surface area (Å²) in [4.78, 5) is 0. The highest BCUT2D eigenvalue weighted by Crippen LogP contribution is 2.21. The maximum atomic E-state index is 10.3. The van der Waals surface area contributed by atoms with E-state index in [0.717, 1.165) is 17.7 Å². The molecule has 0 aliphatic carbocycles. The Hall–Kier alpha value is -0.860. The molecule has 0 aliphatic rings. The molecule has 2 heteroatoms. The van der Waals surface area contributed by atoms with Crippen molar-refractivity contribution in [3.05, 3.63) is 34.9 Å². The fourth-order valence-electron chi connectivity index (χ4n) is 1.96. The predicted octanol–water partition coefficient (Wildman–Crippen LogP) is 2.97. The predicted molar refractivity (Wildman–Crippen MR) is 73.2 cm³/mol. The average Bonchev–Trinajstić information content (AvgIpc) is 2.25. The average molecular weight is 235 g/mol. The summed E-state index contributed by atoms with van der Waals surface area (Å²) in [6.45, 7) is 11.4. The van der Waals surface area contributed by atoms with E-state index in [9.17, 15) is 5.11 Å². The first-order valence-corrected chi connectivity index (χ1v) is 6.40. The van der Waals surface area contributed by atoms with Crippen molar-refractivity contribution in [3.8, 4) is 0 Å². The maximum Gasteiger partial charge on any atom is 0.0942 e. The Labute approximate surface area is 105 Å². The van der Waals surface area contributed by atoms with Gasteiger partial charge in [0, 0.05) is 6.04 Å². The van der Waals surface area contributed by atoms with Gasteiger partial charge in [-0.2, -0.15) is 0 Å². The molecule has 0 aromatic heterocycles.